The summed E-state index contributed by atoms with van der Waals surface area (Å²) < 4.78 is 6.24. The first kappa shape index (κ1) is 35.4. The normalized spacial score (nSPS) is 14.8. The van der Waals surface area contributed by atoms with E-state index in [4.69, 9.17) is 19.4 Å². The van der Waals surface area contributed by atoms with Crippen LogP contribution in [-0.4, -0.2) is 23.0 Å². The van der Waals surface area contributed by atoms with Crippen molar-refractivity contribution in [1.29, 1.82) is 0 Å². The number of aromatic nitrogens is 3. The van der Waals surface area contributed by atoms with Gasteiger partial charge in [0.15, 0.2) is 0 Å². The second kappa shape index (κ2) is 15.2. The number of pyridine rings is 3. The molecule has 4 nitrogen and oxygen atoms in total. The minimum atomic E-state index is -1.35. The molecule has 2 aromatic carbocycles. The molecule has 1 fully saturated rings. The molecule has 8 rings (SSSR count). The molecule has 0 aliphatic heterocycles. The number of fused-ring (bicyclic) bond motifs is 4. The zero-order valence-electron chi connectivity index (χ0n) is 29.5. The molecule has 49 heavy (non-hydrogen) atoms. The predicted molar refractivity (Wildman–Crippen MR) is 201 cm³/mol. The minimum absolute atomic E-state index is 0. The Labute approximate surface area is 306 Å². The van der Waals surface area contributed by atoms with Crippen LogP contribution in [-0.2, 0) is 39.4 Å². The van der Waals surface area contributed by atoms with Gasteiger partial charge in [-0.3, -0.25) is 0 Å². The van der Waals surface area contributed by atoms with Crippen molar-refractivity contribution in [1.82, 2.24) is 15.0 Å². The molecular weight excluding hydrogens is 795 g/mol. The summed E-state index contributed by atoms with van der Waals surface area (Å²) in [6.45, 7) is 11.6. The second-order valence-electron chi connectivity index (χ2n) is 15.1. The fraction of sp³-hybridized carbons (Fsp3) is 0.372. The van der Waals surface area contributed by atoms with Gasteiger partial charge in [-0.2, -0.15) is 0 Å². The molecule has 0 bridgehead atoms. The van der Waals surface area contributed by atoms with Crippen LogP contribution >= 0.6 is 0 Å². The van der Waals surface area contributed by atoms with E-state index < -0.39 is 8.07 Å². The van der Waals surface area contributed by atoms with Crippen LogP contribution in [0.2, 0.25) is 19.6 Å². The van der Waals surface area contributed by atoms with E-state index in [0.717, 1.165) is 63.3 Å². The van der Waals surface area contributed by atoms with Crippen LogP contribution in [0.5, 0.6) is 0 Å². The fourth-order valence-corrected chi connectivity index (χ4v) is 9.17. The van der Waals surface area contributed by atoms with Gasteiger partial charge in [-0.1, -0.05) is 92.9 Å². The maximum atomic E-state index is 6.24. The number of rotatable bonds is 6. The van der Waals surface area contributed by atoms with Gasteiger partial charge in [0.2, 0.25) is 5.71 Å². The number of benzene rings is 2. The fourth-order valence-electron chi connectivity index (χ4n) is 7.58. The summed E-state index contributed by atoms with van der Waals surface area (Å²) in [5.74, 6) is 1.26. The van der Waals surface area contributed by atoms with Gasteiger partial charge >= 0.3 is 0 Å². The van der Waals surface area contributed by atoms with Crippen LogP contribution in [0.1, 0.15) is 80.7 Å². The van der Waals surface area contributed by atoms with Gasteiger partial charge in [-0.25, -0.2) is 4.98 Å². The van der Waals surface area contributed by atoms with Gasteiger partial charge in [0.1, 0.15) is 0 Å². The maximum Gasteiger partial charge on any atom is 0.216 e. The first-order chi connectivity index (χ1) is 23.3. The second-order valence-corrected chi connectivity index (χ2v) is 20.1. The number of aryl methyl sites for hydroxylation is 1. The van der Waals surface area contributed by atoms with Gasteiger partial charge in [0.25, 0.3) is 0 Å². The quantitative estimate of drug-likeness (QED) is 0.124. The first-order valence-electron chi connectivity index (χ1n) is 17.9. The van der Waals surface area contributed by atoms with E-state index in [1.54, 1.807) is 10.8 Å². The topological polar surface area (TPSA) is 51.8 Å². The zero-order chi connectivity index (χ0) is 33.3. The van der Waals surface area contributed by atoms with Crippen LogP contribution in [0.15, 0.2) is 77.5 Å². The van der Waals surface area contributed by atoms with Crippen molar-refractivity contribution in [3.63, 3.8) is 0 Å². The zero-order valence-corrected chi connectivity index (χ0v) is 32.9. The maximum absolute atomic E-state index is 6.24. The largest absolute Gasteiger partial charge is 0.486 e. The summed E-state index contributed by atoms with van der Waals surface area (Å²) in [5, 5.41) is 3.69. The first-order valence-corrected chi connectivity index (χ1v) is 21.4. The number of furan rings is 1. The van der Waals surface area contributed by atoms with Crippen LogP contribution in [0.4, 0.5) is 0 Å². The van der Waals surface area contributed by atoms with E-state index in [1.807, 2.05) is 24.4 Å². The summed E-state index contributed by atoms with van der Waals surface area (Å²) in [6, 6.07) is 27.6. The van der Waals surface area contributed by atoms with Crippen LogP contribution < -0.4 is 5.19 Å². The van der Waals surface area contributed by atoms with E-state index in [9.17, 15) is 0 Å². The van der Waals surface area contributed by atoms with Crippen LogP contribution in [0.25, 0.3) is 44.6 Å². The average Bonchev–Trinajstić information content (AvgIpc) is 3.75. The molecule has 4 heterocycles. The average molecular weight is 842 g/mol. The van der Waals surface area contributed by atoms with Gasteiger partial charge in [0.05, 0.1) is 13.7 Å². The summed E-state index contributed by atoms with van der Waals surface area (Å²) in [5.41, 5.74) is 11.1. The molecule has 255 valence electrons. The van der Waals surface area contributed by atoms with Crippen molar-refractivity contribution in [2.75, 3.05) is 0 Å². The molecular formula is C43H47IrN3OSi-2. The number of nitrogens with zero attached hydrogens (tertiary/aromatic N) is 3. The SMILES string of the molecule is CC(C)c1ccc2c(n1)oc1c(-c3nccc4c3CCCC4)[c-]ccc12.C[Si](C)(C)c1cnc(-c2[c-]cccc2)cc1CC1CCCC1.[Ir]. The Morgan fingerprint density at radius 3 is 2.45 bits per heavy atom. The monoisotopic (exact) mass is 842 g/mol. The molecule has 0 spiro atoms. The third-order valence-electron chi connectivity index (χ3n) is 10.2. The molecule has 4 aromatic heterocycles. The molecule has 0 unspecified atom stereocenters. The third-order valence-corrected chi connectivity index (χ3v) is 12.3. The predicted octanol–water partition coefficient (Wildman–Crippen LogP) is 10.7. The minimum Gasteiger partial charge on any atom is -0.486 e. The van der Waals surface area contributed by atoms with Gasteiger partial charge in [0, 0.05) is 43.6 Å². The Balaban J connectivity index is 0.000000169. The molecule has 6 aromatic rings. The molecule has 2 aliphatic carbocycles. The van der Waals surface area contributed by atoms with Crippen LogP contribution in [0.3, 0.4) is 0 Å². The van der Waals surface area contributed by atoms with Crippen molar-refractivity contribution in [2.45, 2.75) is 97.2 Å². The van der Waals surface area contributed by atoms with Crippen molar-refractivity contribution < 1.29 is 24.5 Å². The molecule has 1 radical (unpaired) electrons. The number of hydrogen-bond donors (Lipinski definition) is 0. The van der Waals surface area contributed by atoms with Gasteiger partial charge in [-0.15, -0.1) is 54.1 Å². The van der Waals surface area contributed by atoms with Crippen molar-refractivity contribution >= 4 is 35.3 Å². The summed E-state index contributed by atoms with van der Waals surface area (Å²) >= 11 is 0. The van der Waals surface area contributed by atoms with Crippen LogP contribution in [0, 0.1) is 18.1 Å². The summed E-state index contributed by atoms with van der Waals surface area (Å²) in [4.78, 5) is 14.2. The molecule has 1 saturated carbocycles. The van der Waals surface area contributed by atoms with E-state index in [2.05, 4.69) is 94.3 Å². The molecule has 0 amide bonds. The number of hydrogen-bond acceptors (Lipinski definition) is 4. The standard InChI is InChI=1S/C23H21N2O.C20H26NSi.Ir/c1-14(2)20-11-10-18-17-8-5-9-19(22(17)26-23(18)25-20)21-16-7-4-3-6-15(16)12-13-24-21;1-22(2,3)20-15-21-19(17-11-5-4-6-12-17)14-18(20)13-16-9-7-8-10-16;/h5,8,10-14H,3-4,6-7H2,1-2H3;4-6,11,14-16H,7-10,13H2,1-3H3;/q2*-1;. The molecule has 0 atom stereocenters. The Morgan fingerprint density at radius 2 is 1.69 bits per heavy atom. The van der Waals surface area contributed by atoms with Gasteiger partial charge in [-0.05, 0) is 78.7 Å². The Morgan fingerprint density at radius 1 is 0.878 bits per heavy atom. The molecule has 0 N–H and O–H groups in total. The van der Waals surface area contributed by atoms with E-state index in [-0.39, 0.29) is 20.1 Å². The third kappa shape index (κ3) is 7.67. The molecule has 6 heteroatoms. The van der Waals surface area contributed by atoms with E-state index in [1.165, 1.54) is 56.1 Å². The summed E-state index contributed by atoms with van der Waals surface area (Å²) in [6.07, 6.45) is 15.7. The Bertz CT molecular complexity index is 2040. The van der Waals surface area contributed by atoms with E-state index in [0.29, 0.717) is 11.6 Å². The smallest absolute Gasteiger partial charge is 0.216 e. The Hall–Kier alpha value is -3.44. The summed E-state index contributed by atoms with van der Waals surface area (Å²) in [7, 11) is -1.35. The molecule has 2 aliphatic rings. The Kier molecular flexibility index (Phi) is 11.0. The van der Waals surface area contributed by atoms with E-state index >= 15 is 0 Å². The van der Waals surface area contributed by atoms with Crippen molar-refractivity contribution in [3.05, 3.63) is 108 Å². The van der Waals surface area contributed by atoms with Gasteiger partial charge < -0.3 is 14.4 Å². The van der Waals surface area contributed by atoms with Crippen molar-refractivity contribution in [3.8, 4) is 22.5 Å². The molecule has 0 saturated heterocycles. The van der Waals surface area contributed by atoms with Crippen molar-refractivity contribution in [2.24, 2.45) is 5.92 Å².